The maximum Gasteiger partial charge on any atom is 0.231 e. The van der Waals surface area contributed by atoms with E-state index in [0.717, 1.165) is 46.5 Å². The fourth-order valence-electron chi connectivity index (χ4n) is 5.62. The van der Waals surface area contributed by atoms with Crippen LogP contribution in [0.5, 0.6) is 5.88 Å². The number of pyridine rings is 1. The van der Waals surface area contributed by atoms with Crippen LogP contribution in [0.4, 0.5) is 23.0 Å². The first-order chi connectivity index (χ1) is 22.2. The zero-order valence-electron chi connectivity index (χ0n) is 27.0. The number of aryl methyl sites for hydroxylation is 1. The molecule has 1 aliphatic rings. The van der Waals surface area contributed by atoms with Gasteiger partial charge in [0.2, 0.25) is 17.7 Å². The molecule has 4 aromatic rings. The highest BCUT2D eigenvalue weighted by Gasteiger charge is 2.30. The standard InChI is InChI=1S/C34H42N8O3S/c1-6-26-20-42(46(44)30-9-8-14-38-33(30)45-26)19-24-15-23(11-10-21(24)3)28(27-12-13-29(37-7-2)32(35)22(27)4)16-31(43)41-25-17-39-34(36-5)40-18-25/h8-15,17-18,26,28,37H,6-7,16,19-20,35H2,1-5H3,(H,41,43)(H,36,39,40)/t26-,28+,46?/m1/s1. The number of hydrogen-bond acceptors (Lipinski definition) is 9. The fourth-order valence-corrected chi connectivity index (χ4v) is 6.91. The maximum absolute atomic E-state index is 13.8. The number of fused-ring (bicyclic) bond motifs is 1. The molecule has 0 aliphatic carbocycles. The summed E-state index contributed by atoms with van der Waals surface area (Å²) in [6, 6.07) is 13.9. The number of anilines is 4. The number of nitrogens with two attached hydrogens (primary N) is 1. The number of nitrogens with zero attached hydrogens (tertiary/aromatic N) is 4. The number of nitrogens with one attached hydrogen (secondary N) is 3. The minimum atomic E-state index is -1.46. The van der Waals surface area contributed by atoms with Gasteiger partial charge in [0.25, 0.3) is 0 Å². The molecule has 1 aliphatic heterocycles. The van der Waals surface area contributed by atoms with Crippen molar-refractivity contribution in [1.29, 1.82) is 0 Å². The van der Waals surface area contributed by atoms with Gasteiger partial charge in [0.05, 0.1) is 29.5 Å². The molecule has 5 rings (SSSR count). The number of ether oxygens (including phenoxy) is 1. The number of nitrogen functional groups attached to an aromatic ring is 1. The highest BCUT2D eigenvalue weighted by Crippen LogP contribution is 2.37. The normalized spacial score (nSPS) is 16.9. The second kappa shape index (κ2) is 14.7. The summed E-state index contributed by atoms with van der Waals surface area (Å²) in [7, 11) is 0.277. The number of hydrogen-bond donors (Lipinski definition) is 4. The van der Waals surface area contributed by atoms with E-state index in [1.165, 1.54) is 0 Å². The zero-order chi connectivity index (χ0) is 32.8. The van der Waals surface area contributed by atoms with Crippen LogP contribution in [0.2, 0.25) is 0 Å². The van der Waals surface area contributed by atoms with Gasteiger partial charge in [-0.05, 0) is 73.2 Å². The molecule has 0 fully saturated rings. The van der Waals surface area contributed by atoms with Gasteiger partial charge in [-0.1, -0.05) is 31.2 Å². The van der Waals surface area contributed by atoms with Crippen LogP contribution in [0.25, 0.3) is 0 Å². The Kier molecular flexibility index (Phi) is 10.5. The Morgan fingerprint density at radius 1 is 1.13 bits per heavy atom. The van der Waals surface area contributed by atoms with Crippen LogP contribution in [-0.2, 0) is 22.3 Å². The van der Waals surface area contributed by atoms with Crippen LogP contribution in [0, 0.1) is 13.8 Å². The lowest BCUT2D eigenvalue weighted by Gasteiger charge is -2.25. The van der Waals surface area contributed by atoms with Crippen molar-refractivity contribution in [3.05, 3.63) is 88.9 Å². The second-order valence-electron chi connectivity index (χ2n) is 11.3. The molecule has 46 heavy (non-hydrogen) atoms. The summed E-state index contributed by atoms with van der Waals surface area (Å²) in [6.45, 7) is 9.79. The minimum Gasteiger partial charge on any atom is -0.472 e. The average molecular weight is 643 g/mol. The van der Waals surface area contributed by atoms with Gasteiger partial charge in [0, 0.05) is 45.2 Å². The van der Waals surface area contributed by atoms with Gasteiger partial charge < -0.3 is 26.4 Å². The summed E-state index contributed by atoms with van der Waals surface area (Å²) in [5, 5.41) is 9.15. The van der Waals surface area contributed by atoms with Crippen molar-refractivity contribution in [1.82, 2.24) is 19.3 Å². The van der Waals surface area contributed by atoms with Gasteiger partial charge in [-0.15, -0.1) is 0 Å². The van der Waals surface area contributed by atoms with Gasteiger partial charge in [-0.25, -0.2) is 23.5 Å². The molecule has 0 spiro atoms. The highest BCUT2D eigenvalue weighted by molar-refractivity contribution is 7.82. The van der Waals surface area contributed by atoms with E-state index in [1.54, 1.807) is 31.7 Å². The fraction of sp³-hybridized carbons (Fsp3) is 0.353. The highest BCUT2D eigenvalue weighted by atomic mass is 32.2. The molecule has 0 saturated heterocycles. The third-order valence-electron chi connectivity index (χ3n) is 8.27. The molecule has 5 N–H and O–H groups in total. The lowest BCUT2D eigenvalue weighted by Crippen LogP contribution is -2.33. The Balaban J connectivity index is 1.50. The molecule has 2 aromatic carbocycles. The molecule has 242 valence electrons. The summed E-state index contributed by atoms with van der Waals surface area (Å²) in [4.78, 5) is 26.9. The Morgan fingerprint density at radius 3 is 2.63 bits per heavy atom. The van der Waals surface area contributed by atoms with Crippen molar-refractivity contribution in [2.45, 2.75) is 64.0 Å². The number of aromatic nitrogens is 3. The summed E-state index contributed by atoms with van der Waals surface area (Å²) >= 11 is 0. The predicted octanol–water partition coefficient (Wildman–Crippen LogP) is 5.40. The number of amides is 1. The Labute approximate surface area is 273 Å². The lowest BCUT2D eigenvalue weighted by molar-refractivity contribution is -0.116. The van der Waals surface area contributed by atoms with Crippen LogP contribution >= 0.6 is 0 Å². The first-order valence-corrected chi connectivity index (χ1v) is 16.6. The second-order valence-corrected chi connectivity index (χ2v) is 12.8. The monoisotopic (exact) mass is 642 g/mol. The molecule has 12 heteroatoms. The molecule has 2 aromatic heterocycles. The topological polar surface area (TPSA) is 147 Å². The SMILES string of the molecule is CCNc1ccc([C@@H](CC(=O)Nc2cnc(NC)nc2)c2ccc(C)c(CN3C[C@@H](CC)Oc4ncccc4S3=O)c2)c(C)c1N. The number of rotatable bonds is 11. The van der Waals surface area contributed by atoms with E-state index in [0.29, 0.717) is 41.2 Å². The average Bonchev–Trinajstić information content (AvgIpc) is 3.19. The van der Waals surface area contributed by atoms with Gasteiger partial charge >= 0.3 is 0 Å². The van der Waals surface area contributed by atoms with Gasteiger partial charge in [-0.2, -0.15) is 0 Å². The third-order valence-corrected chi connectivity index (χ3v) is 9.70. The molecular formula is C34H42N8O3S. The van der Waals surface area contributed by atoms with Gasteiger partial charge in [-0.3, -0.25) is 4.79 Å². The van der Waals surface area contributed by atoms with Crippen LogP contribution in [0.1, 0.15) is 60.4 Å². The lowest BCUT2D eigenvalue weighted by atomic mass is 9.83. The molecule has 0 radical (unpaired) electrons. The largest absolute Gasteiger partial charge is 0.472 e. The predicted molar refractivity (Wildman–Crippen MR) is 183 cm³/mol. The Morgan fingerprint density at radius 2 is 1.91 bits per heavy atom. The third kappa shape index (κ3) is 7.29. The van der Waals surface area contributed by atoms with Crippen molar-refractivity contribution in [3.63, 3.8) is 0 Å². The number of carbonyl (C=O) groups is 1. The first kappa shape index (κ1) is 32.8. The molecular weight excluding hydrogens is 600 g/mol. The number of carbonyl (C=O) groups excluding carboxylic acids is 1. The van der Waals surface area contributed by atoms with Crippen molar-refractivity contribution in [2.75, 3.05) is 41.8 Å². The van der Waals surface area contributed by atoms with E-state index in [2.05, 4.69) is 56.0 Å². The van der Waals surface area contributed by atoms with E-state index in [1.807, 2.05) is 43.3 Å². The van der Waals surface area contributed by atoms with Gasteiger partial charge in [0.1, 0.15) is 22.0 Å². The number of benzene rings is 2. The van der Waals surface area contributed by atoms with Crippen LogP contribution < -0.4 is 26.4 Å². The summed E-state index contributed by atoms with van der Waals surface area (Å²) in [6.07, 6.45) is 5.58. The Hall–Kier alpha value is -4.55. The molecule has 3 atom stereocenters. The first-order valence-electron chi connectivity index (χ1n) is 15.5. The summed E-state index contributed by atoms with van der Waals surface area (Å²) in [5.41, 5.74) is 13.6. The van der Waals surface area contributed by atoms with E-state index in [4.69, 9.17) is 10.5 Å². The summed E-state index contributed by atoms with van der Waals surface area (Å²) in [5.74, 6) is 0.409. The molecule has 1 unspecified atom stereocenters. The summed E-state index contributed by atoms with van der Waals surface area (Å²) < 4.78 is 21.9. The molecule has 0 saturated carbocycles. The molecule has 1 amide bonds. The van der Waals surface area contributed by atoms with Crippen LogP contribution in [0.3, 0.4) is 0 Å². The van der Waals surface area contributed by atoms with E-state index < -0.39 is 11.0 Å². The van der Waals surface area contributed by atoms with Crippen LogP contribution in [0.15, 0.2) is 66.0 Å². The van der Waals surface area contributed by atoms with Crippen molar-refractivity contribution in [2.24, 2.45) is 0 Å². The van der Waals surface area contributed by atoms with E-state index in [-0.39, 0.29) is 24.3 Å². The van der Waals surface area contributed by atoms with E-state index in [9.17, 15) is 9.00 Å². The van der Waals surface area contributed by atoms with Crippen molar-refractivity contribution in [3.8, 4) is 5.88 Å². The smallest absolute Gasteiger partial charge is 0.231 e. The van der Waals surface area contributed by atoms with Crippen LogP contribution in [-0.4, -0.2) is 55.6 Å². The minimum absolute atomic E-state index is 0.146. The maximum atomic E-state index is 13.8. The van der Waals surface area contributed by atoms with Gasteiger partial charge in [0.15, 0.2) is 0 Å². The van der Waals surface area contributed by atoms with Crippen molar-refractivity contribution < 1.29 is 13.7 Å². The zero-order valence-corrected chi connectivity index (χ0v) is 27.8. The molecule has 11 nitrogen and oxygen atoms in total. The Bertz CT molecular complexity index is 1720. The molecule has 3 heterocycles. The van der Waals surface area contributed by atoms with Crippen molar-refractivity contribution >= 4 is 39.9 Å². The quantitative estimate of drug-likeness (QED) is 0.158. The van der Waals surface area contributed by atoms with E-state index >= 15 is 0 Å². The molecule has 0 bridgehead atoms.